The summed E-state index contributed by atoms with van der Waals surface area (Å²) < 4.78 is 0. The van der Waals surface area contributed by atoms with Gasteiger partial charge in [0.15, 0.2) is 5.11 Å². The van der Waals surface area contributed by atoms with Crippen LogP contribution < -0.4 is 5.32 Å². The molecule has 0 spiro atoms. The third-order valence-corrected chi connectivity index (χ3v) is 3.67. The monoisotopic (exact) mass is 298 g/mol. The van der Waals surface area contributed by atoms with E-state index in [2.05, 4.69) is 41.4 Å². The number of hydrogen-bond donors (Lipinski definition) is 1. The fourth-order valence-corrected chi connectivity index (χ4v) is 2.40. The number of benzene rings is 2. The van der Waals surface area contributed by atoms with Gasteiger partial charge < -0.3 is 10.2 Å². The van der Waals surface area contributed by atoms with Crippen LogP contribution in [0.2, 0.25) is 0 Å². The van der Waals surface area contributed by atoms with Gasteiger partial charge in [-0.25, -0.2) is 0 Å². The van der Waals surface area contributed by atoms with Crippen molar-refractivity contribution in [1.82, 2.24) is 4.90 Å². The molecule has 0 aromatic heterocycles. The Balaban J connectivity index is 2.02. The summed E-state index contributed by atoms with van der Waals surface area (Å²) in [5.41, 5.74) is 2.32. The van der Waals surface area contributed by atoms with E-state index in [4.69, 9.17) is 12.2 Å². The van der Waals surface area contributed by atoms with Gasteiger partial charge in [0.1, 0.15) is 0 Å². The summed E-state index contributed by atoms with van der Waals surface area (Å²) in [5, 5.41) is 4.12. The first-order valence-electron chi connectivity index (χ1n) is 7.44. The van der Waals surface area contributed by atoms with Gasteiger partial charge in [0.25, 0.3) is 0 Å². The van der Waals surface area contributed by atoms with Gasteiger partial charge in [0.05, 0.1) is 0 Å². The van der Waals surface area contributed by atoms with Crippen molar-refractivity contribution in [1.29, 1.82) is 0 Å². The number of anilines is 1. The molecule has 0 heterocycles. The Hall–Kier alpha value is -1.87. The van der Waals surface area contributed by atoms with Crippen LogP contribution in [0.1, 0.15) is 25.3 Å². The zero-order valence-corrected chi connectivity index (χ0v) is 13.3. The molecule has 0 saturated carbocycles. The maximum Gasteiger partial charge on any atom is 0.173 e. The molecule has 0 fully saturated rings. The van der Waals surface area contributed by atoms with Crippen molar-refractivity contribution in [2.75, 3.05) is 11.9 Å². The van der Waals surface area contributed by atoms with Gasteiger partial charge in [-0.15, -0.1) is 0 Å². The SMILES string of the molecule is CCCCN(Cc1ccccc1)C(=S)Nc1ccccc1. The molecule has 0 radical (unpaired) electrons. The lowest BCUT2D eigenvalue weighted by Gasteiger charge is -2.26. The predicted molar refractivity (Wildman–Crippen MR) is 94.4 cm³/mol. The molecule has 110 valence electrons. The molecule has 1 N–H and O–H groups in total. The van der Waals surface area contributed by atoms with Crippen LogP contribution in [0.15, 0.2) is 60.7 Å². The zero-order valence-electron chi connectivity index (χ0n) is 12.5. The highest BCUT2D eigenvalue weighted by Gasteiger charge is 2.10. The fraction of sp³-hybridized carbons (Fsp3) is 0.278. The highest BCUT2D eigenvalue weighted by molar-refractivity contribution is 7.80. The zero-order chi connectivity index (χ0) is 14.9. The molecular formula is C18H22N2S. The minimum Gasteiger partial charge on any atom is -0.345 e. The second kappa shape index (κ2) is 8.42. The first-order chi connectivity index (χ1) is 10.3. The molecule has 3 heteroatoms. The number of thiocarbonyl (C=S) groups is 1. The van der Waals surface area contributed by atoms with Crippen molar-refractivity contribution in [2.24, 2.45) is 0 Å². The molecule has 0 bridgehead atoms. The van der Waals surface area contributed by atoms with E-state index in [1.54, 1.807) is 0 Å². The van der Waals surface area contributed by atoms with Gasteiger partial charge in [0, 0.05) is 18.8 Å². The van der Waals surface area contributed by atoms with E-state index >= 15 is 0 Å². The molecular weight excluding hydrogens is 276 g/mol. The molecule has 0 atom stereocenters. The fourth-order valence-electron chi connectivity index (χ4n) is 2.13. The molecule has 0 unspecified atom stereocenters. The van der Waals surface area contributed by atoms with Crippen LogP contribution in [0, 0.1) is 0 Å². The summed E-state index contributed by atoms with van der Waals surface area (Å²) in [6.45, 7) is 4.03. The van der Waals surface area contributed by atoms with Crippen molar-refractivity contribution in [3.8, 4) is 0 Å². The Morgan fingerprint density at radius 3 is 2.24 bits per heavy atom. The van der Waals surface area contributed by atoms with E-state index in [1.165, 1.54) is 12.0 Å². The Kier molecular flexibility index (Phi) is 6.22. The Morgan fingerprint density at radius 1 is 1.00 bits per heavy atom. The van der Waals surface area contributed by atoms with Gasteiger partial charge in [0.2, 0.25) is 0 Å². The third kappa shape index (κ3) is 5.20. The number of hydrogen-bond acceptors (Lipinski definition) is 1. The number of rotatable bonds is 6. The van der Waals surface area contributed by atoms with Crippen molar-refractivity contribution in [2.45, 2.75) is 26.3 Å². The van der Waals surface area contributed by atoms with Crippen molar-refractivity contribution >= 4 is 23.0 Å². The van der Waals surface area contributed by atoms with E-state index in [0.717, 1.165) is 30.3 Å². The van der Waals surface area contributed by atoms with E-state index in [-0.39, 0.29) is 0 Å². The third-order valence-electron chi connectivity index (χ3n) is 3.31. The standard InChI is InChI=1S/C18H22N2S/c1-2-3-14-20(15-16-10-6-4-7-11-16)18(21)19-17-12-8-5-9-13-17/h4-13H,2-3,14-15H2,1H3,(H,19,21). The Morgan fingerprint density at radius 2 is 1.62 bits per heavy atom. The lowest BCUT2D eigenvalue weighted by atomic mass is 10.2. The molecule has 21 heavy (non-hydrogen) atoms. The van der Waals surface area contributed by atoms with Crippen molar-refractivity contribution in [3.05, 3.63) is 66.2 Å². The Labute approximate surface area is 132 Å². The van der Waals surface area contributed by atoms with Gasteiger partial charge >= 0.3 is 0 Å². The average Bonchev–Trinajstić information content (AvgIpc) is 2.53. The van der Waals surface area contributed by atoms with Crippen LogP contribution in [0.4, 0.5) is 5.69 Å². The van der Waals surface area contributed by atoms with Crippen molar-refractivity contribution in [3.63, 3.8) is 0 Å². The molecule has 0 amide bonds. The summed E-state index contributed by atoms with van der Waals surface area (Å²) in [4.78, 5) is 2.24. The predicted octanol–water partition coefficient (Wildman–Crippen LogP) is 4.69. The maximum absolute atomic E-state index is 5.58. The first-order valence-corrected chi connectivity index (χ1v) is 7.85. The maximum atomic E-state index is 5.58. The molecule has 0 saturated heterocycles. The van der Waals surface area contributed by atoms with Crippen LogP contribution in [0.5, 0.6) is 0 Å². The molecule has 0 aliphatic heterocycles. The number of unbranched alkanes of at least 4 members (excludes halogenated alkanes) is 1. The molecule has 2 rings (SSSR count). The van der Waals surface area contributed by atoms with Crippen molar-refractivity contribution < 1.29 is 0 Å². The minimum atomic E-state index is 0.790. The number of nitrogens with zero attached hydrogens (tertiary/aromatic N) is 1. The summed E-state index contributed by atoms with van der Waals surface area (Å²) >= 11 is 5.58. The van der Waals surface area contributed by atoms with E-state index in [0.29, 0.717) is 0 Å². The normalized spacial score (nSPS) is 10.1. The van der Waals surface area contributed by atoms with E-state index in [1.807, 2.05) is 36.4 Å². The van der Waals surface area contributed by atoms with Gasteiger partial charge in [-0.05, 0) is 36.3 Å². The summed E-state index contributed by atoms with van der Waals surface area (Å²) in [6.07, 6.45) is 2.31. The van der Waals surface area contributed by atoms with Crippen LogP contribution >= 0.6 is 12.2 Å². The van der Waals surface area contributed by atoms with Gasteiger partial charge in [-0.3, -0.25) is 0 Å². The van der Waals surface area contributed by atoms with Crippen LogP contribution in [0.3, 0.4) is 0 Å². The highest BCUT2D eigenvalue weighted by atomic mass is 32.1. The first kappa shape index (κ1) is 15.5. The lowest BCUT2D eigenvalue weighted by Crippen LogP contribution is -2.35. The molecule has 2 aromatic carbocycles. The lowest BCUT2D eigenvalue weighted by molar-refractivity contribution is 0.408. The largest absolute Gasteiger partial charge is 0.345 e. The summed E-state index contributed by atoms with van der Waals surface area (Å²) in [7, 11) is 0. The summed E-state index contributed by atoms with van der Waals surface area (Å²) in [5.74, 6) is 0. The second-order valence-corrected chi connectivity index (χ2v) is 5.44. The number of nitrogens with one attached hydrogen (secondary N) is 1. The topological polar surface area (TPSA) is 15.3 Å². The molecule has 0 aliphatic carbocycles. The van der Waals surface area contributed by atoms with Gasteiger partial charge in [-0.1, -0.05) is 61.9 Å². The molecule has 2 aromatic rings. The summed E-state index contributed by atoms with van der Waals surface area (Å²) in [6, 6.07) is 20.6. The van der Waals surface area contributed by atoms with Crippen LogP contribution in [-0.2, 0) is 6.54 Å². The second-order valence-electron chi connectivity index (χ2n) is 5.06. The van der Waals surface area contributed by atoms with Gasteiger partial charge in [-0.2, -0.15) is 0 Å². The smallest absolute Gasteiger partial charge is 0.173 e. The molecule has 0 aliphatic rings. The highest BCUT2D eigenvalue weighted by Crippen LogP contribution is 2.11. The quantitative estimate of drug-likeness (QED) is 0.779. The Bertz CT molecular complexity index is 540. The average molecular weight is 298 g/mol. The van der Waals surface area contributed by atoms with Crippen LogP contribution in [0.25, 0.3) is 0 Å². The minimum absolute atomic E-state index is 0.790. The molecule has 2 nitrogen and oxygen atoms in total. The van der Waals surface area contributed by atoms with Crippen LogP contribution in [-0.4, -0.2) is 16.6 Å². The number of para-hydroxylation sites is 1. The van der Waals surface area contributed by atoms with E-state index in [9.17, 15) is 0 Å². The van der Waals surface area contributed by atoms with E-state index < -0.39 is 0 Å².